The van der Waals surface area contributed by atoms with Gasteiger partial charge in [0.1, 0.15) is 34.5 Å². The second kappa shape index (κ2) is 13.1. The molecule has 3 aromatic heterocycles. The van der Waals surface area contributed by atoms with E-state index >= 15 is 0 Å². The molecule has 0 unspecified atom stereocenters. The molecule has 2 aliphatic heterocycles. The van der Waals surface area contributed by atoms with Crippen molar-refractivity contribution in [1.82, 2.24) is 19.9 Å². The molecule has 0 spiro atoms. The Morgan fingerprint density at radius 1 is 0.345 bits per heavy atom. The lowest BCUT2D eigenvalue weighted by Crippen LogP contribution is -1.90. The minimum Gasteiger partial charge on any atom is -0.508 e. The number of fused-ring (bicyclic) bond motifs is 8. The molecular weight excluding hydrogens is 807 g/mol. The Bertz CT molecular complexity index is 2850. The van der Waals surface area contributed by atoms with Crippen LogP contribution in [0.3, 0.4) is 0 Å². The summed E-state index contributed by atoms with van der Waals surface area (Å²) in [6, 6.07) is 28.7. The molecule has 9 rings (SSSR count). The molecule has 0 radical (unpaired) electrons. The molecule has 268 valence electrons. The standard InChI is InChI=1S/C44H29IN4O6/c45-26-3-1-22(2-4-26)41-33-5-7-35(46-33)42(23-13-27(50)19-28(51)14-23)37-9-11-39(48-37)44(25-17-31(54)21-32(55)18-25)40-12-10-38(49-40)43(36-8-6-34(41)47-36)24-15-29(52)20-30(53)16-24/h1-21,46,49-55H. The molecule has 2 aliphatic rings. The minimum absolute atomic E-state index is 0.124. The Labute approximate surface area is 326 Å². The highest BCUT2D eigenvalue weighted by Crippen LogP contribution is 2.41. The van der Waals surface area contributed by atoms with E-state index < -0.39 is 0 Å². The van der Waals surface area contributed by atoms with Crippen molar-refractivity contribution in [2.24, 2.45) is 0 Å². The quantitative estimate of drug-likeness (QED) is 0.0807. The predicted molar refractivity (Wildman–Crippen MR) is 223 cm³/mol. The number of hydrogen-bond acceptors (Lipinski definition) is 8. The van der Waals surface area contributed by atoms with Crippen molar-refractivity contribution in [3.8, 4) is 79.0 Å². The van der Waals surface area contributed by atoms with E-state index in [1.165, 1.54) is 30.3 Å². The van der Waals surface area contributed by atoms with Crippen LogP contribution in [0, 0.1) is 3.57 Å². The Hall–Kier alpha value is -6.99. The number of nitrogens with zero attached hydrogens (tertiary/aromatic N) is 2. The summed E-state index contributed by atoms with van der Waals surface area (Å²) in [6.45, 7) is 0. The highest BCUT2D eigenvalue weighted by atomic mass is 127. The van der Waals surface area contributed by atoms with Crippen molar-refractivity contribution >= 4 is 69.0 Å². The molecular formula is C44H29IN4O6. The third-order valence-electron chi connectivity index (χ3n) is 9.46. The topological polar surface area (TPSA) is 179 Å². The van der Waals surface area contributed by atoms with Gasteiger partial charge in [-0.15, -0.1) is 0 Å². The molecule has 0 atom stereocenters. The lowest BCUT2D eigenvalue weighted by Gasteiger charge is -2.08. The summed E-state index contributed by atoms with van der Waals surface area (Å²) in [6.07, 6.45) is 7.46. The molecule has 5 heterocycles. The van der Waals surface area contributed by atoms with Gasteiger partial charge in [-0.05, 0) is 142 Å². The van der Waals surface area contributed by atoms with Crippen LogP contribution < -0.4 is 0 Å². The van der Waals surface area contributed by atoms with E-state index in [0.717, 1.165) is 20.2 Å². The van der Waals surface area contributed by atoms with Gasteiger partial charge in [0.25, 0.3) is 0 Å². The summed E-state index contributed by atoms with van der Waals surface area (Å²) in [5.74, 6) is -0.790. The number of aromatic nitrogens is 4. The Balaban J connectivity index is 1.49. The van der Waals surface area contributed by atoms with E-state index in [2.05, 4.69) is 32.6 Å². The SMILES string of the molecule is Oc1cc(O)cc(-c2c3nc(c(-c4cc(O)cc(O)c4)c4ccc([nH]4)c(-c4cc(O)cc(O)c4)c4nc(c(-c5ccc(I)cc5)c5ccc2[nH]5)C=C4)C=C3)c1. The fraction of sp³-hybridized carbons (Fsp3) is 0. The van der Waals surface area contributed by atoms with Crippen LogP contribution in [0.15, 0.2) is 103 Å². The van der Waals surface area contributed by atoms with Gasteiger partial charge in [0, 0.05) is 66.1 Å². The van der Waals surface area contributed by atoms with Crippen molar-refractivity contribution in [2.45, 2.75) is 0 Å². The third-order valence-corrected chi connectivity index (χ3v) is 10.2. The number of hydrogen-bond donors (Lipinski definition) is 8. The largest absolute Gasteiger partial charge is 0.508 e. The van der Waals surface area contributed by atoms with Crippen molar-refractivity contribution in [2.75, 3.05) is 0 Å². The first kappa shape index (κ1) is 33.8. The highest BCUT2D eigenvalue weighted by molar-refractivity contribution is 14.1. The van der Waals surface area contributed by atoms with Crippen LogP contribution in [0.4, 0.5) is 0 Å². The van der Waals surface area contributed by atoms with Gasteiger partial charge in [0.2, 0.25) is 0 Å². The number of aromatic amines is 2. The van der Waals surface area contributed by atoms with Crippen LogP contribution >= 0.6 is 22.6 Å². The van der Waals surface area contributed by atoms with Gasteiger partial charge in [-0.1, -0.05) is 12.1 Å². The van der Waals surface area contributed by atoms with Crippen LogP contribution in [0.25, 0.3) is 90.9 Å². The minimum atomic E-state index is -0.147. The van der Waals surface area contributed by atoms with E-state index in [9.17, 15) is 30.6 Å². The number of nitrogens with one attached hydrogen (secondary N) is 2. The van der Waals surface area contributed by atoms with Crippen molar-refractivity contribution < 1.29 is 30.6 Å². The predicted octanol–water partition coefficient (Wildman–Crippen LogP) is 10.2. The second-order valence-corrected chi connectivity index (χ2v) is 14.5. The molecule has 4 aromatic carbocycles. The maximum Gasteiger partial charge on any atom is 0.119 e. The van der Waals surface area contributed by atoms with Gasteiger partial charge in [-0.3, -0.25) is 0 Å². The van der Waals surface area contributed by atoms with Gasteiger partial charge >= 0.3 is 0 Å². The zero-order chi connectivity index (χ0) is 38.0. The van der Waals surface area contributed by atoms with Gasteiger partial charge in [-0.2, -0.15) is 0 Å². The van der Waals surface area contributed by atoms with E-state index in [1.807, 2.05) is 72.8 Å². The van der Waals surface area contributed by atoms with E-state index in [0.29, 0.717) is 72.7 Å². The van der Waals surface area contributed by atoms with Crippen LogP contribution in [0.1, 0.15) is 22.8 Å². The first-order chi connectivity index (χ1) is 26.6. The van der Waals surface area contributed by atoms with Crippen LogP contribution in [0.5, 0.6) is 34.5 Å². The molecule has 0 saturated heterocycles. The lowest BCUT2D eigenvalue weighted by atomic mass is 10.0. The molecule has 8 N–H and O–H groups in total. The fourth-order valence-corrected chi connectivity index (χ4v) is 7.61. The first-order valence-corrected chi connectivity index (χ1v) is 18.2. The van der Waals surface area contributed by atoms with Gasteiger partial charge in [-0.25, -0.2) is 9.97 Å². The smallest absolute Gasteiger partial charge is 0.119 e. The zero-order valence-electron chi connectivity index (χ0n) is 28.6. The normalized spacial score (nSPS) is 12.0. The molecule has 10 nitrogen and oxygen atoms in total. The van der Waals surface area contributed by atoms with Crippen LogP contribution in [-0.4, -0.2) is 50.6 Å². The van der Waals surface area contributed by atoms with E-state index in [1.54, 1.807) is 24.3 Å². The van der Waals surface area contributed by atoms with Gasteiger partial charge in [0.15, 0.2) is 0 Å². The van der Waals surface area contributed by atoms with Crippen molar-refractivity contribution in [1.29, 1.82) is 0 Å². The molecule has 0 saturated carbocycles. The van der Waals surface area contributed by atoms with Crippen molar-refractivity contribution in [3.63, 3.8) is 0 Å². The number of halogens is 1. The molecule has 11 heteroatoms. The maximum absolute atomic E-state index is 10.6. The average molecular weight is 837 g/mol. The number of aromatic hydroxyl groups is 6. The monoisotopic (exact) mass is 836 g/mol. The molecule has 0 aliphatic carbocycles. The van der Waals surface area contributed by atoms with Crippen LogP contribution in [0.2, 0.25) is 0 Å². The van der Waals surface area contributed by atoms with Gasteiger partial charge < -0.3 is 40.6 Å². The fourth-order valence-electron chi connectivity index (χ4n) is 7.26. The van der Waals surface area contributed by atoms with Crippen LogP contribution in [-0.2, 0) is 0 Å². The van der Waals surface area contributed by atoms with Gasteiger partial charge in [0.05, 0.1) is 22.8 Å². The summed E-state index contributed by atoms with van der Waals surface area (Å²) in [5.41, 5.74) is 9.71. The summed E-state index contributed by atoms with van der Waals surface area (Å²) in [7, 11) is 0. The Kier molecular flexibility index (Phi) is 8.08. The molecule has 7 aromatic rings. The summed E-state index contributed by atoms with van der Waals surface area (Å²) in [4.78, 5) is 17.4. The van der Waals surface area contributed by atoms with E-state index in [-0.39, 0.29) is 34.5 Å². The molecule has 8 bridgehead atoms. The second-order valence-electron chi connectivity index (χ2n) is 13.2. The van der Waals surface area contributed by atoms with Crippen molar-refractivity contribution in [3.05, 3.63) is 129 Å². The summed E-state index contributed by atoms with van der Waals surface area (Å²) in [5, 5.41) is 63.6. The average Bonchev–Trinajstić information content (AvgIpc) is 3.95. The molecule has 55 heavy (non-hydrogen) atoms. The Morgan fingerprint density at radius 2 is 0.618 bits per heavy atom. The number of benzene rings is 4. The number of phenols is 6. The first-order valence-electron chi connectivity index (χ1n) is 17.1. The number of rotatable bonds is 4. The molecule has 0 amide bonds. The summed E-state index contributed by atoms with van der Waals surface area (Å²) < 4.78 is 1.06. The maximum atomic E-state index is 10.6. The Morgan fingerprint density at radius 3 is 0.909 bits per heavy atom. The highest BCUT2D eigenvalue weighted by Gasteiger charge is 2.20. The molecule has 0 fully saturated rings. The lowest BCUT2D eigenvalue weighted by molar-refractivity contribution is 0.450. The van der Waals surface area contributed by atoms with E-state index in [4.69, 9.17) is 9.97 Å². The summed E-state index contributed by atoms with van der Waals surface area (Å²) >= 11 is 2.27. The third kappa shape index (κ3) is 6.29. The number of H-pyrrole nitrogens is 2. The zero-order valence-corrected chi connectivity index (χ0v) is 30.7. The number of phenolic OH excluding ortho intramolecular Hbond substituents is 6.